The van der Waals surface area contributed by atoms with Gasteiger partial charge in [0.1, 0.15) is 13.7 Å². The van der Waals surface area contributed by atoms with Gasteiger partial charge < -0.3 is 5.73 Å². The minimum atomic E-state index is 0.283. The maximum atomic E-state index is 5.38. The Kier molecular flexibility index (Phi) is 1.94. The predicted molar refractivity (Wildman–Crippen MR) is 43.1 cm³/mol. The highest BCUT2D eigenvalue weighted by Crippen LogP contribution is 1.80. The van der Waals surface area contributed by atoms with Gasteiger partial charge in [0, 0.05) is 17.4 Å². The molecular weight excluding hydrogens is 124 g/mol. The molecule has 0 aliphatic carbocycles. The smallest absolute Gasteiger partial charge is 0.176 e. The van der Waals surface area contributed by atoms with Crippen molar-refractivity contribution < 1.29 is 0 Å². The third-order valence-electron chi connectivity index (χ3n) is 1.14. The minimum absolute atomic E-state index is 0.283. The van der Waals surface area contributed by atoms with Crippen molar-refractivity contribution in [1.82, 2.24) is 9.97 Å². The van der Waals surface area contributed by atoms with E-state index in [0.717, 1.165) is 5.59 Å². The van der Waals surface area contributed by atoms with Crippen molar-refractivity contribution >= 4 is 32.1 Å². The number of rotatable bonds is 1. The molecular formula is C5H6B2N3. The Bertz CT molecular complexity index is 238. The Hall–Kier alpha value is -0.990. The van der Waals surface area contributed by atoms with Crippen LogP contribution in [0.4, 0.5) is 5.82 Å². The molecule has 0 amide bonds. The van der Waals surface area contributed by atoms with Crippen molar-refractivity contribution in [2.45, 2.75) is 6.82 Å². The van der Waals surface area contributed by atoms with Gasteiger partial charge in [-0.25, -0.2) is 4.98 Å². The van der Waals surface area contributed by atoms with Gasteiger partial charge in [-0.15, -0.1) is 0 Å². The molecule has 0 aliphatic heterocycles. The summed E-state index contributed by atoms with van der Waals surface area (Å²) in [6.45, 7) is 1.86. The maximum Gasteiger partial charge on any atom is 0.176 e. The van der Waals surface area contributed by atoms with Gasteiger partial charge in [0.15, 0.2) is 7.28 Å². The number of nitrogen functional groups attached to an aromatic ring is 1. The Morgan fingerprint density at radius 1 is 1.70 bits per heavy atom. The summed E-state index contributed by atoms with van der Waals surface area (Å²) >= 11 is 0. The largest absolute Gasteiger partial charge is 0.383 e. The molecule has 1 rings (SSSR count). The molecule has 0 aromatic carbocycles. The van der Waals surface area contributed by atoms with E-state index in [4.69, 9.17) is 13.6 Å². The van der Waals surface area contributed by atoms with Crippen LogP contribution in [-0.2, 0) is 0 Å². The fraction of sp³-hybridized carbons (Fsp3) is 0.200. The number of aromatic nitrogens is 2. The molecule has 3 radical (unpaired) electrons. The van der Waals surface area contributed by atoms with E-state index >= 15 is 0 Å². The summed E-state index contributed by atoms with van der Waals surface area (Å²) < 4.78 is 0. The standard InChI is InChI=1S/C5H6B2N3/c1-7-3-2-9-4(6)5(8)10-3/h2H,1H3,(H2,8,10). The van der Waals surface area contributed by atoms with Crippen molar-refractivity contribution in [2.75, 3.05) is 5.73 Å². The van der Waals surface area contributed by atoms with E-state index in [1.807, 2.05) is 14.1 Å². The molecule has 0 spiro atoms. The summed E-state index contributed by atoms with van der Waals surface area (Å²) in [5.74, 6) is 0.288. The first kappa shape index (κ1) is 7.12. The lowest BCUT2D eigenvalue weighted by Crippen LogP contribution is -2.25. The average molecular weight is 130 g/mol. The predicted octanol–water partition coefficient (Wildman–Crippen LogP) is -1.77. The molecule has 0 aliphatic rings. The number of hydrogen-bond donors (Lipinski definition) is 1. The first-order chi connectivity index (χ1) is 4.74. The summed E-state index contributed by atoms with van der Waals surface area (Å²) in [5, 5.41) is 0. The molecule has 10 heavy (non-hydrogen) atoms. The second-order valence-corrected chi connectivity index (χ2v) is 1.85. The van der Waals surface area contributed by atoms with E-state index in [2.05, 4.69) is 9.97 Å². The minimum Gasteiger partial charge on any atom is -0.383 e. The lowest BCUT2D eigenvalue weighted by Gasteiger charge is -1.99. The molecule has 1 heterocycles. The van der Waals surface area contributed by atoms with Crippen LogP contribution in [0.1, 0.15) is 0 Å². The van der Waals surface area contributed by atoms with Crippen LogP contribution in [0.5, 0.6) is 0 Å². The number of nitrogens with zero attached hydrogens (tertiary/aromatic N) is 2. The summed E-state index contributed by atoms with van der Waals surface area (Å²) in [6, 6.07) is 0. The van der Waals surface area contributed by atoms with Crippen LogP contribution in [0.2, 0.25) is 6.82 Å². The first-order valence-corrected chi connectivity index (χ1v) is 2.91. The fourth-order valence-electron chi connectivity index (χ4n) is 0.566. The summed E-state index contributed by atoms with van der Waals surface area (Å²) in [4.78, 5) is 7.73. The molecule has 1 aromatic heterocycles. The SMILES string of the molecule is [B]c1ncc([B]C)nc1N. The Morgan fingerprint density at radius 2 is 2.40 bits per heavy atom. The molecule has 1 aromatic rings. The molecule has 0 unspecified atom stereocenters. The van der Waals surface area contributed by atoms with Crippen LogP contribution in [0.3, 0.4) is 0 Å². The topological polar surface area (TPSA) is 51.8 Å². The van der Waals surface area contributed by atoms with Crippen molar-refractivity contribution in [3.8, 4) is 0 Å². The van der Waals surface area contributed by atoms with Crippen LogP contribution in [0.15, 0.2) is 6.20 Å². The van der Waals surface area contributed by atoms with Gasteiger partial charge in [-0.05, 0) is 0 Å². The molecule has 47 valence electrons. The van der Waals surface area contributed by atoms with Crippen LogP contribution in [-0.4, -0.2) is 25.1 Å². The second kappa shape index (κ2) is 2.73. The fourth-order valence-corrected chi connectivity index (χ4v) is 0.566. The van der Waals surface area contributed by atoms with Gasteiger partial charge in [-0.1, -0.05) is 6.82 Å². The highest BCUT2D eigenvalue weighted by Gasteiger charge is 1.96. The second-order valence-electron chi connectivity index (χ2n) is 1.85. The molecule has 5 heteroatoms. The summed E-state index contributed by atoms with van der Waals surface area (Å²) in [6.07, 6.45) is 1.58. The van der Waals surface area contributed by atoms with E-state index in [9.17, 15) is 0 Å². The molecule has 0 saturated heterocycles. The van der Waals surface area contributed by atoms with Crippen molar-refractivity contribution in [1.29, 1.82) is 0 Å². The highest BCUT2D eigenvalue weighted by molar-refractivity contribution is 6.50. The Labute approximate surface area is 61.7 Å². The van der Waals surface area contributed by atoms with Gasteiger partial charge >= 0.3 is 0 Å². The Morgan fingerprint density at radius 3 is 2.90 bits per heavy atom. The summed E-state index contributed by atoms with van der Waals surface area (Å²) in [7, 11) is 7.14. The van der Waals surface area contributed by atoms with Crippen LogP contribution in [0.25, 0.3) is 0 Å². The van der Waals surface area contributed by atoms with E-state index in [1.54, 1.807) is 6.20 Å². The third-order valence-corrected chi connectivity index (χ3v) is 1.14. The van der Waals surface area contributed by atoms with Gasteiger partial charge in [-0.3, -0.25) is 4.98 Å². The van der Waals surface area contributed by atoms with Crippen molar-refractivity contribution in [3.05, 3.63) is 6.20 Å². The Balaban J connectivity index is 3.04. The zero-order valence-electron chi connectivity index (χ0n) is 5.70. The maximum absolute atomic E-state index is 5.38. The summed E-state index contributed by atoms with van der Waals surface area (Å²) in [5.41, 5.74) is 6.40. The average Bonchev–Trinajstić information content (AvgIpc) is 1.95. The van der Waals surface area contributed by atoms with Crippen molar-refractivity contribution in [2.24, 2.45) is 0 Å². The van der Waals surface area contributed by atoms with Crippen LogP contribution >= 0.6 is 0 Å². The highest BCUT2D eigenvalue weighted by atomic mass is 14.9. The van der Waals surface area contributed by atoms with E-state index in [-0.39, 0.29) is 11.4 Å². The lowest BCUT2D eigenvalue weighted by atomic mass is 9.78. The van der Waals surface area contributed by atoms with E-state index < -0.39 is 0 Å². The number of anilines is 1. The van der Waals surface area contributed by atoms with E-state index in [0.29, 0.717) is 0 Å². The lowest BCUT2D eigenvalue weighted by molar-refractivity contribution is 1.29. The van der Waals surface area contributed by atoms with Crippen LogP contribution < -0.4 is 16.9 Å². The van der Waals surface area contributed by atoms with Crippen molar-refractivity contribution in [3.63, 3.8) is 0 Å². The molecule has 0 fully saturated rings. The molecule has 0 bridgehead atoms. The van der Waals surface area contributed by atoms with Gasteiger partial charge in [-0.2, -0.15) is 0 Å². The zero-order valence-corrected chi connectivity index (χ0v) is 5.70. The normalized spacial score (nSPS) is 9.30. The number of nitrogens with two attached hydrogens (primary N) is 1. The van der Waals surface area contributed by atoms with Gasteiger partial charge in [0.2, 0.25) is 0 Å². The van der Waals surface area contributed by atoms with Gasteiger partial charge in [0.25, 0.3) is 0 Å². The zero-order chi connectivity index (χ0) is 7.56. The first-order valence-electron chi connectivity index (χ1n) is 2.91. The monoisotopic (exact) mass is 130 g/mol. The van der Waals surface area contributed by atoms with Crippen LogP contribution in [0, 0.1) is 0 Å². The molecule has 3 nitrogen and oxygen atoms in total. The molecule has 2 N–H and O–H groups in total. The third kappa shape index (κ3) is 1.29. The van der Waals surface area contributed by atoms with E-state index in [1.165, 1.54) is 0 Å². The molecule has 0 saturated carbocycles. The van der Waals surface area contributed by atoms with Gasteiger partial charge in [0.05, 0.1) is 0 Å². The number of hydrogen-bond acceptors (Lipinski definition) is 3. The quantitative estimate of drug-likeness (QED) is 0.457. The molecule has 0 atom stereocenters.